The third-order valence-corrected chi connectivity index (χ3v) is 2.60. The molecule has 0 atom stereocenters. The Morgan fingerprint density at radius 3 is 2.94 bits per heavy atom. The highest BCUT2D eigenvalue weighted by molar-refractivity contribution is 5.86. The second-order valence-corrected chi connectivity index (χ2v) is 3.85. The van der Waals surface area contributed by atoms with Crippen molar-refractivity contribution in [3.63, 3.8) is 0 Å². The van der Waals surface area contributed by atoms with Crippen LogP contribution in [0.3, 0.4) is 0 Å². The Kier molecular flexibility index (Phi) is 2.95. The van der Waals surface area contributed by atoms with E-state index in [1.165, 1.54) is 6.07 Å². The quantitative estimate of drug-likeness (QED) is 0.861. The number of phenolic OH excluding ortho intramolecular Hbond substituents is 1. The zero-order chi connectivity index (χ0) is 11.5. The number of unbranched alkanes of at least 4 members (excludes halogenated alkanes) is 1. The summed E-state index contributed by atoms with van der Waals surface area (Å²) in [6, 6.07) is 6.85. The topological polar surface area (TPSA) is 50.4 Å². The van der Waals surface area contributed by atoms with Gasteiger partial charge in [0.05, 0.1) is 0 Å². The van der Waals surface area contributed by atoms with Gasteiger partial charge in [-0.25, -0.2) is 4.79 Å². The van der Waals surface area contributed by atoms with Crippen molar-refractivity contribution in [1.29, 1.82) is 0 Å². The van der Waals surface area contributed by atoms with E-state index in [0.29, 0.717) is 5.76 Å². The van der Waals surface area contributed by atoms with Crippen LogP contribution in [0.15, 0.2) is 33.5 Å². The molecule has 3 heteroatoms. The van der Waals surface area contributed by atoms with E-state index in [0.717, 1.165) is 24.6 Å². The largest absolute Gasteiger partial charge is 0.507 e. The Hall–Kier alpha value is -1.77. The van der Waals surface area contributed by atoms with E-state index in [4.69, 9.17) is 4.42 Å². The van der Waals surface area contributed by atoms with Gasteiger partial charge >= 0.3 is 5.63 Å². The minimum absolute atomic E-state index is 0.0201. The van der Waals surface area contributed by atoms with E-state index in [1.807, 2.05) is 6.07 Å². The lowest BCUT2D eigenvalue weighted by Gasteiger charge is -2.02. The van der Waals surface area contributed by atoms with Crippen molar-refractivity contribution in [2.45, 2.75) is 26.2 Å². The van der Waals surface area contributed by atoms with Gasteiger partial charge in [0, 0.05) is 6.42 Å². The van der Waals surface area contributed by atoms with E-state index in [1.54, 1.807) is 12.1 Å². The molecule has 0 fully saturated rings. The highest BCUT2D eigenvalue weighted by Crippen LogP contribution is 2.22. The molecule has 3 nitrogen and oxygen atoms in total. The normalized spacial score (nSPS) is 10.8. The molecule has 0 aliphatic carbocycles. The Labute approximate surface area is 93.3 Å². The zero-order valence-electron chi connectivity index (χ0n) is 9.19. The summed E-state index contributed by atoms with van der Waals surface area (Å²) >= 11 is 0. The maximum atomic E-state index is 11.7. The van der Waals surface area contributed by atoms with Crippen LogP contribution in [-0.4, -0.2) is 5.11 Å². The van der Waals surface area contributed by atoms with Gasteiger partial charge < -0.3 is 9.52 Å². The molecule has 1 heterocycles. The van der Waals surface area contributed by atoms with Crippen LogP contribution in [0.2, 0.25) is 0 Å². The lowest BCUT2D eigenvalue weighted by atomic mass is 10.1. The molecule has 1 N–H and O–H groups in total. The van der Waals surface area contributed by atoms with E-state index in [9.17, 15) is 9.90 Å². The molecule has 84 valence electrons. The first kappa shape index (κ1) is 10.7. The summed E-state index contributed by atoms with van der Waals surface area (Å²) < 4.78 is 5.16. The lowest BCUT2D eigenvalue weighted by Crippen LogP contribution is -2.02. The molecule has 0 amide bonds. The molecule has 2 aromatic rings. The van der Waals surface area contributed by atoms with Gasteiger partial charge in [-0.1, -0.05) is 25.5 Å². The predicted octanol–water partition coefficient (Wildman–Crippen LogP) is 2.84. The van der Waals surface area contributed by atoms with Gasteiger partial charge in [0.15, 0.2) is 0 Å². The van der Waals surface area contributed by atoms with Gasteiger partial charge in [-0.05, 0) is 23.9 Å². The summed E-state index contributed by atoms with van der Waals surface area (Å²) in [4.78, 5) is 11.7. The van der Waals surface area contributed by atoms with Gasteiger partial charge in [0.2, 0.25) is 0 Å². The Morgan fingerprint density at radius 2 is 2.19 bits per heavy atom. The molecule has 0 bridgehead atoms. The zero-order valence-corrected chi connectivity index (χ0v) is 9.19. The monoisotopic (exact) mass is 218 g/mol. The number of fused-ring (bicyclic) bond motifs is 1. The third kappa shape index (κ3) is 1.94. The number of hydrogen-bond acceptors (Lipinski definition) is 3. The molecule has 0 saturated heterocycles. The molecular formula is C13H14O3. The Balaban J connectivity index is 2.55. The SMILES string of the molecule is CCCCc1cc2cccc(O)c2c(=O)o1. The van der Waals surface area contributed by atoms with E-state index in [-0.39, 0.29) is 11.1 Å². The van der Waals surface area contributed by atoms with Crippen molar-refractivity contribution in [2.24, 2.45) is 0 Å². The van der Waals surface area contributed by atoms with Crippen LogP contribution in [0.1, 0.15) is 25.5 Å². The van der Waals surface area contributed by atoms with Crippen molar-refractivity contribution in [1.82, 2.24) is 0 Å². The summed E-state index contributed by atoms with van der Waals surface area (Å²) in [5, 5.41) is 10.6. The van der Waals surface area contributed by atoms with Crippen LogP contribution < -0.4 is 5.63 Å². The fourth-order valence-electron chi connectivity index (χ4n) is 1.75. The molecule has 1 aromatic carbocycles. The van der Waals surface area contributed by atoms with Gasteiger partial charge in [0.25, 0.3) is 0 Å². The lowest BCUT2D eigenvalue weighted by molar-refractivity contribution is 0.450. The summed E-state index contributed by atoms with van der Waals surface area (Å²) in [6.07, 6.45) is 2.81. The summed E-state index contributed by atoms with van der Waals surface area (Å²) in [5.41, 5.74) is -0.457. The van der Waals surface area contributed by atoms with Gasteiger partial charge in [-0.2, -0.15) is 0 Å². The van der Waals surface area contributed by atoms with Crippen molar-refractivity contribution < 1.29 is 9.52 Å². The number of phenols is 1. The summed E-state index contributed by atoms with van der Waals surface area (Å²) in [7, 11) is 0. The van der Waals surface area contributed by atoms with Crippen molar-refractivity contribution in [3.8, 4) is 5.75 Å². The molecule has 0 aliphatic heterocycles. The Morgan fingerprint density at radius 1 is 1.38 bits per heavy atom. The fourth-order valence-corrected chi connectivity index (χ4v) is 1.75. The van der Waals surface area contributed by atoms with Gasteiger partial charge in [-0.3, -0.25) is 0 Å². The second kappa shape index (κ2) is 4.39. The predicted molar refractivity (Wildman–Crippen MR) is 62.8 cm³/mol. The van der Waals surface area contributed by atoms with Gasteiger partial charge in [-0.15, -0.1) is 0 Å². The number of rotatable bonds is 3. The first-order valence-corrected chi connectivity index (χ1v) is 5.47. The van der Waals surface area contributed by atoms with Crippen LogP contribution >= 0.6 is 0 Å². The van der Waals surface area contributed by atoms with E-state index < -0.39 is 5.63 Å². The first-order valence-electron chi connectivity index (χ1n) is 5.47. The third-order valence-electron chi connectivity index (χ3n) is 2.60. The molecule has 1 aromatic heterocycles. The van der Waals surface area contributed by atoms with Crippen molar-refractivity contribution in [3.05, 3.63) is 40.4 Å². The molecule has 0 aliphatic rings. The molecule has 0 radical (unpaired) electrons. The fraction of sp³-hybridized carbons (Fsp3) is 0.308. The molecule has 0 unspecified atom stereocenters. The minimum Gasteiger partial charge on any atom is -0.507 e. The molecule has 0 saturated carbocycles. The molecular weight excluding hydrogens is 204 g/mol. The standard InChI is InChI=1S/C13H14O3/c1-2-3-6-10-8-9-5-4-7-11(14)12(9)13(15)16-10/h4-5,7-8,14H,2-3,6H2,1H3. The number of benzene rings is 1. The van der Waals surface area contributed by atoms with Crippen LogP contribution in [0.25, 0.3) is 10.8 Å². The second-order valence-electron chi connectivity index (χ2n) is 3.85. The summed E-state index contributed by atoms with van der Waals surface area (Å²) in [5.74, 6) is 0.665. The summed E-state index contributed by atoms with van der Waals surface area (Å²) in [6.45, 7) is 2.09. The number of aromatic hydroxyl groups is 1. The highest BCUT2D eigenvalue weighted by atomic mass is 16.4. The molecule has 0 spiro atoms. The van der Waals surface area contributed by atoms with Crippen molar-refractivity contribution in [2.75, 3.05) is 0 Å². The van der Waals surface area contributed by atoms with Crippen LogP contribution in [-0.2, 0) is 6.42 Å². The minimum atomic E-state index is -0.457. The average Bonchev–Trinajstić information content (AvgIpc) is 2.26. The van der Waals surface area contributed by atoms with E-state index >= 15 is 0 Å². The smallest absolute Gasteiger partial charge is 0.347 e. The maximum Gasteiger partial charge on any atom is 0.347 e. The van der Waals surface area contributed by atoms with Gasteiger partial charge in [0.1, 0.15) is 16.9 Å². The first-order chi connectivity index (χ1) is 7.72. The highest BCUT2D eigenvalue weighted by Gasteiger charge is 2.07. The average molecular weight is 218 g/mol. The van der Waals surface area contributed by atoms with E-state index in [2.05, 4.69) is 6.92 Å². The Bertz CT molecular complexity index is 555. The molecule has 2 rings (SSSR count). The van der Waals surface area contributed by atoms with Crippen LogP contribution in [0.5, 0.6) is 5.75 Å². The molecule has 16 heavy (non-hydrogen) atoms. The van der Waals surface area contributed by atoms with Crippen LogP contribution in [0, 0.1) is 0 Å². The number of hydrogen-bond donors (Lipinski definition) is 1. The van der Waals surface area contributed by atoms with Crippen molar-refractivity contribution >= 4 is 10.8 Å². The van der Waals surface area contributed by atoms with Crippen LogP contribution in [0.4, 0.5) is 0 Å². The maximum absolute atomic E-state index is 11.7. The number of aryl methyl sites for hydroxylation is 1.